The van der Waals surface area contributed by atoms with Gasteiger partial charge in [0.25, 0.3) is 5.91 Å². The van der Waals surface area contributed by atoms with Gasteiger partial charge in [-0.15, -0.1) is 0 Å². The molecule has 2 N–H and O–H groups in total. The highest BCUT2D eigenvalue weighted by Crippen LogP contribution is 2.34. The molecule has 140 valence electrons. The van der Waals surface area contributed by atoms with Crippen LogP contribution in [0.15, 0.2) is 48.5 Å². The van der Waals surface area contributed by atoms with Crippen molar-refractivity contribution in [2.24, 2.45) is 5.73 Å². The molecule has 0 bridgehead atoms. The Kier molecular flexibility index (Phi) is 5.36. The molecule has 0 aliphatic heterocycles. The van der Waals surface area contributed by atoms with Crippen molar-refractivity contribution in [3.05, 3.63) is 76.6 Å². The molecular weight excluding hydrogens is 336 g/mol. The van der Waals surface area contributed by atoms with E-state index in [4.69, 9.17) is 10.5 Å². The predicted molar refractivity (Wildman–Crippen MR) is 109 cm³/mol. The monoisotopic (exact) mass is 362 g/mol. The molecule has 0 fully saturated rings. The summed E-state index contributed by atoms with van der Waals surface area (Å²) in [6.45, 7) is 6.83. The summed E-state index contributed by atoms with van der Waals surface area (Å²) in [5, 5.41) is 0. The van der Waals surface area contributed by atoms with Crippen LogP contribution in [-0.2, 0) is 13.0 Å². The molecule has 1 heterocycles. The molecule has 2 aromatic carbocycles. The van der Waals surface area contributed by atoms with Gasteiger partial charge in [-0.2, -0.15) is 0 Å². The minimum Gasteiger partial charge on any atom is -0.496 e. The number of nitrogens with zero attached hydrogens (tertiary/aromatic N) is 1. The largest absolute Gasteiger partial charge is 0.496 e. The van der Waals surface area contributed by atoms with E-state index in [9.17, 15) is 4.79 Å². The average Bonchev–Trinajstić information content (AvgIpc) is 2.91. The summed E-state index contributed by atoms with van der Waals surface area (Å²) in [4.78, 5) is 12.2. The lowest BCUT2D eigenvalue weighted by atomic mass is 9.98. The zero-order valence-electron chi connectivity index (χ0n) is 16.4. The Hall–Kier alpha value is -3.01. The van der Waals surface area contributed by atoms with E-state index in [0.29, 0.717) is 5.56 Å². The van der Waals surface area contributed by atoms with Crippen molar-refractivity contribution in [2.75, 3.05) is 7.11 Å². The molecule has 4 nitrogen and oxygen atoms in total. The number of benzene rings is 2. The topological polar surface area (TPSA) is 57.2 Å². The van der Waals surface area contributed by atoms with E-state index in [2.05, 4.69) is 29.7 Å². The second kappa shape index (κ2) is 7.70. The molecule has 0 aliphatic rings. The van der Waals surface area contributed by atoms with Crippen molar-refractivity contribution in [3.63, 3.8) is 0 Å². The van der Waals surface area contributed by atoms with Gasteiger partial charge in [-0.05, 0) is 56.0 Å². The van der Waals surface area contributed by atoms with Gasteiger partial charge in [0.15, 0.2) is 0 Å². The number of carbonyl (C=O) groups is 1. The molecule has 0 unspecified atom stereocenters. The van der Waals surface area contributed by atoms with Crippen LogP contribution >= 0.6 is 0 Å². The summed E-state index contributed by atoms with van der Waals surface area (Å²) in [5.74, 6) is 0.440. The lowest BCUT2D eigenvalue weighted by Crippen LogP contribution is -2.14. The summed E-state index contributed by atoms with van der Waals surface area (Å²) in [6.07, 6.45) is 0.899. The van der Waals surface area contributed by atoms with Crippen molar-refractivity contribution in [1.82, 2.24) is 4.57 Å². The standard InChI is InChI=1S/C23H26N2O2/c1-15-14-19(10-11-20(15)27-4)21-16(2)25(17(3)22(21)23(24)26)13-12-18-8-6-5-7-9-18/h5-11,14H,12-13H2,1-4H3,(H2,24,26). The summed E-state index contributed by atoms with van der Waals surface area (Å²) >= 11 is 0. The minimum absolute atomic E-state index is 0.391. The Morgan fingerprint density at radius 3 is 2.33 bits per heavy atom. The first-order chi connectivity index (χ1) is 12.9. The van der Waals surface area contributed by atoms with Crippen molar-refractivity contribution < 1.29 is 9.53 Å². The maximum Gasteiger partial charge on any atom is 0.251 e. The van der Waals surface area contributed by atoms with Gasteiger partial charge in [-0.3, -0.25) is 4.79 Å². The van der Waals surface area contributed by atoms with E-state index in [1.54, 1.807) is 7.11 Å². The van der Waals surface area contributed by atoms with Crippen LogP contribution in [0.25, 0.3) is 11.1 Å². The van der Waals surface area contributed by atoms with Crippen molar-refractivity contribution in [2.45, 2.75) is 33.7 Å². The first kappa shape index (κ1) is 18.8. The molecule has 0 radical (unpaired) electrons. The molecule has 4 heteroatoms. The Bertz CT molecular complexity index is 972. The number of methoxy groups -OCH3 is 1. The summed E-state index contributed by atoms with van der Waals surface area (Å²) in [7, 11) is 1.66. The number of primary amides is 1. The van der Waals surface area contributed by atoms with E-state index in [1.165, 1.54) is 5.56 Å². The molecule has 1 amide bonds. The fourth-order valence-corrected chi connectivity index (χ4v) is 3.79. The number of aryl methyl sites for hydroxylation is 2. The van der Waals surface area contributed by atoms with Crippen LogP contribution in [0.3, 0.4) is 0 Å². The average molecular weight is 362 g/mol. The van der Waals surface area contributed by atoms with Crippen LogP contribution in [-0.4, -0.2) is 17.6 Å². The third-order valence-corrected chi connectivity index (χ3v) is 5.18. The third kappa shape index (κ3) is 3.61. The molecule has 0 atom stereocenters. The highest BCUT2D eigenvalue weighted by molar-refractivity contribution is 6.02. The normalized spacial score (nSPS) is 10.8. The molecular formula is C23H26N2O2. The minimum atomic E-state index is -0.391. The molecule has 3 rings (SSSR count). The Balaban J connectivity index is 2.06. The Labute approximate surface area is 160 Å². The fourth-order valence-electron chi connectivity index (χ4n) is 3.79. The van der Waals surface area contributed by atoms with Gasteiger partial charge in [0.05, 0.1) is 12.7 Å². The van der Waals surface area contributed by atoms with Crippen molar-refractivity contribution >= 4 is 5.91 Å². The van der Waals surface area contributed by atoms with Gasteiger partial charge < -0.3 is 15.0 Å². The third-order valence-electron chi connectivity index (χ3n) is 5.18. The first-order valence-electron chi connectivity index (χ1n) is 9.12. The number of hydrogen-bond donors (Lipinski definition) is 1. The van der Waals surface area contributed by atoms with Crippen LogP contribution in [0.1, 0.15) is 32.9 Å². The summed E-state index contributed by atoms with van der Waals surface area (Å²) in [6, 6.07) is 16.3. The van der Waals surface area contributed by atoms with Gasteiger partial charge >= 0.3 is 0 Å². The second-order valence-electron chi connectivity index (χ2n) is 6.86. The number of ether oxygens (including phenoxy) is 1. The van der Waals surface area contributed by atoms with Crippen LogP contribution in [0.5, 0.6) is 5.75 Å². The van der Waals surface area contributed by atoms with Crippen LogP contribution in [0, 0.1) is 20.8 Å². The predicted octanol–water partition coefficient (Wildman–Crippen LogP) is 4.43. The maximum atomic E-state index is 12.2. The number of hydrogen-bond acceptors (Lipinski definition) is 2. The molecule has 0 saturated carbocycles. The van der Waals surface area contributed by atoms with Gasteiger partial charge in [-0.1, -0.05) is 36.4 Å². The summed E-state index contributed by atoms with van der Waals surface area (Å²) < 4.78 is 7.56. The zero-order valence-corrected chi connectivity index (χ0v) is 16.4. The van der Waals surface area contributed by atoms with E-state index in [1.807, 2.05) is 44.2 Å². The number of rotatable bonds is 6. The zero-order chi connectivity index (χ0) is 19.6. The Morgan fingerprint density at radius 2 is 1.74 bits per heavy atom. The van der Waals surface area contributed by atoms with Gasteiger partial charge in [0.2, 0.25) is 0 Å². The van der Waals surface area contributed by atoms with Gasteiger partial charge in [0.1, 0.15) is 5.75 Å². The maximum absolute atomic E-state index is 12.2. The molecule has 1 aromatic heterocycles. The van der Waals surface area contributed by atoms with Crippen molar-refractivity contribution in [3.8, 4) is 16.9 Å². The summed E-state index contributed by atoms with van der Waals surface area (Å²) in [5.41, 5.74) is 12.5. The van der Waals surface area contributed by atoms with E-state index in [0.717, 1.165) is 46.8 Å². The van der Waals surface area contributed by atoms with E-state index in [-0.39, 0.29) is 0 Å². The molecule has 0 spiro atoms. The highest BCUT2D eigenvalue weighted by Gasteiger charge is 2.22. The molecule has 0 saturated heterocycles. The SMILES string of the molecule is COc1ccc(-c2c(C(N)=O)c(C)n(CCc3ccccc3)c2C)cc1C. The van der Waals surface area contributed by atoms with Crippen LogP contribution < -0.4 is 10.5 Å². The van der Waals surface area contributed by atoms with Crippen LogP contribution in [0.2, 0.25) is 0 Å². The Morgan fingerprint density at radius 1 is 1.04 bits per heavy atom. The fraction of sp³-hybridized carbons (Fsp3) is 0.261. The van der Waals surface area contributed by atoms with E-state index < -0.39 is 5.91 Å². The first-order valence-corrected chi connectivity index (χ1v) is 9.12. The highest BCUT2D eigenvalue weighted by atomic mass is 16.5. The quantitative estimate of drug-likeness (QED) is 0.705. The molecule has 3 aromatic rings. The van der Waals surface area contributed by atoms with Crippen LogP contribution in [0.4, 0.5) is 0 Å². The number of nitrogens with two attached hydrogens (primary N) is 1. The lowest BCUT2D eigenvalue weighted by molar-refractivity contribution is 0.1000. The number of carbonyl (C=O) groups excluding carboxylic acids is 1. The van der Waals surface area contributed by atoms with E-state index >= 15 is 0 Å². The number of aromatic nitrogens is 1. The number of amides is 1. The van der Waals surface area contributed by atoms with Gasteiger partial charge in [-0.25, -0.2) is 0 Å². The molecule has 27 heavy (non-hydrogen) atoms. The molecule has 0 aliphatic carbocycles. The lowest BCUT2D eigenvalue weighted by Gasteiger charge is -2.11. The smallest absolute Gasteiger partial charge is 0.251 e. The second-order valence-corrected chi connectivity index (χ2v) is 6.86. The van der Waals surface area contributed by atoms with Crippen molar-refractivity contribution in [1.29, 1.82) is 0 Å². The van der Waals surface area contributed by atoms with Gasteiger partial charge in [0, 0.05) is 23.5 Å².